The second-order valence-corrected chi connectivity index (χ2v) is 7.98. The first-order chi connectivity index (χ1) is 13.3. The minimum atomic E-state index is -0.632. The Hall–Kier alpha value is -2.09. The summed E-state index contributed by atoms with van der Waals surface area (Å²) < 4.78 is 17.0. The van der Waals surface area contributed by atoms with Gasteiger partial charge in [0.2, 0.25) is 5.76 Å². The number of furan rings is 1. The van der Waals surface area contributed by atoms with Crippen LogP contribution in [0.2, 0.25) is 0 Å². The average Bonchev–Trinajstić information content (AvgIpc) is 3.22. The summed E-state index contributed by atoms with van der Waals surface area (Å²) >= 11 is 4.29. The van der Waals surface area contributed by atoms with Crippen LogP contribution in [0.15, 0.2) is 34.4 Å². The SMILES string of the molecule is COC(=O)c1ccc(CN2C(=O)N/C(=C\c3cc(I)c(OC)c(I)c3)C2=O)o1. The fourth-order valence-electron chi connectivity index (χ4n) is 2.57. The van der Waals surface area contributed by atoms with Crippen molar-refractivity contribution >= 4 is 69.2 Å². The van der Waals surface area contributed by atoms with Crippen LogP contribution in [0.25, 0.3) is 6.08 Å². The molecule has 0 radical (unpaired) electrons. The third kappa shape index (κ3) is 4.16. The maximum atomic E-state index is 12.6. The molecule has 146 valence electrons. The molecule has 1 aliphatic rings. The lowest BCUT2D eigenvalue weighted by molar-refractivity contribution is -0.123. The zero-order valence-electron chi connectivity index (χ0n) is 14.7. The van der Waals surface area contributed by atoms with Crippen LogP contribution in [0.3, 0.4) is 0 Å². The van der Waals surface area contributed by atoms with Crippen LogP contribution in [-0.4, -0.2) is 37.0 Å². The van der Waals surface area contributed by atoms with E-state index in [0.717, 1.165) is 23.4 Å². The van der Waals surface area contributed by atoms with Crippen molar-refractivity contribution in [2.45, 2.75) is 6.54 Å². The molecule has 2 aromatic rings. The molecule has 0 bridgehead atoms. The van der Waals surface area contributed by atoms with Crippen LogP contribution in [-0.2, 0) is 16.1 Å². The highest BCUT2D eigenvalue weighted by Gasteiger charge is 2.34. The Morgan fingerprint density at radius 2 is 1.89 bits per heavy atom. The third-order valence-corrected chi connectivity index (χ3v) is 5.46. The maximum Gasteiger partial charge on any atom is 0.373 e. The molecule has 0 atom stereocenters. The molecule has 3 rings (SSSR count). The molecule has 1 fully saturated rings. The van der Waals surface area contributed by atoms with Crippen molar-refractivity contribution in [3.63, 3.8) is 0 Å². The van der Waals surface area contributed by atoms with E-state index >= 15 is 0 Å². The van der Waals surface area contributed by atoms with E-state index in [2.05, 4.69) is 55.2 Å². The maximum absolute atomic E-state index is 12.6. The Labute approximate surface area is 187 Å². The van der Waals surface area contributed by atoms with Crippen molar-refractivity contribution in [1.29, 1.82) is 0 Å². The van der Waals surface area contributed by atoms with Crippen LogP contribution in [0.5, 0.6) is 5.75 Å². The summed E-state index contributed by atoms with van der Waals surface area (Å²) in [4.78, 5) is 37.3. The minimum Gasteiger partial charge on any atom is -0.495 e. The van der Waals surface area contributed by atoms with Gasteiger partial charge in [-0.2, -0.15) is 0 Å². The molecular weight excluding hydrogens is 594 g/mol. The largest absolute Gasteiger partial charge is 0.495 e. The predicted octanol–water partition coefficient (Wildman–Crippen LogP) is 3.38. The lowest BCUT2D eigenvalue weighted by atomic mass is 10.2. The summed E-state index contributed by atoms with van der Waals surface area (Å²) in [5, 5.41) is 2.56. The number of imide groups is 1. The number of ether oxygens (including phenoxy) is 2. The van der Waals surface area contributed by atoms with Gasteiger partial charge in [0.1, 0.15) is 17.2 Å². The highest BCUT2D eigenvalue weighted by molar-refractivity contribution is 14.1. The molecule has 1 aromatic heterocycles. The monoisotopic (exact) mass is 608 g/mol. The second kappa shape index (κ2) is 8.51. The first-order valence-electron chi connectivity index (χ1n) is 7.88. The van der Waals surface area contributed by atoms with Gasteiger partial charge in [0.15, 0.2) is 0 Å². The number of hydrogen-bond donors (Lipinski definition) is 1. The molecule has 28 heavy (non-hydrogen) atoms. The third-order valence-electron chi connectivity index (χ3n) is 3.86. The molecule has 0 saturated carbocycles. The number of nitrogens with one attached hydrogen (secondary N) is 1. The Morgan fingerprint density at radius 1 is 1.21 bits per heavy atom. The fraction of sp³-hybridized carbons (Fsp3) is 0.167. The first-order valence-corrected chi connectivity index (χ1v) is 10.0. The highest BCUT2D eigenvalue weighted by atomic mass is 127. The van der Waals surface area contributed by atoms with E-state index in [0.29, 0.717) is 5.76 Å². The Morgan fingerprint density at radius 3 is 2.50 bits per heavy atom. The lowest BCUT2D eigenvalue weighted by Gasteiger charge is -2.09. The molecule has 2 heterocycles. The van der Waals surface area contributed by atoms with Gasteiger partial charge in [0.05, 0.1) is 27.9 Å². The van der Waals surface area contributed by atoms with E-state index in [1.165, 1.54) is 19.2 Å². The number of nitrogens with zero attached hydrogens (tertiary/aromatic N) is 1. The molecule has 0 unspecified atom stereocenters. The highest BCUT2D eigenvalue weighted by Crippen LogP contribution is 2.29. The minimum absolute atomic E-state index is 0.00250. The summed E-state index contributed by atoms with van der Waals surface area (Å²) in [6, 6.07) is 6.09. The van der Waals surface area contributed by atoms with Gasteiger partial charge in [-0.3, -0.25) is 9.69 Å². The van der Waals surface area contributed by atoms with Crippen molar-refractivity contribution in [3.05, 3.63) is 54.2 Å². The topological polar surface area (TPSA) is 98.1 Å². The number of esters is 1. The van der Waals surface area contributed by atoms with Gasteiger partial charge in [0, 0.05) is 0 Å². The number of urea groups is 1. The van der Waals surface area contributed by atoms with Crippen LogP contribution < -0.4 is 10.1 Å². The average molecular weight is 608 g/mol. The number of carbonyl (C=O) groups excluding carboxylic acids is 3. The van der Waals surface area contributed by atoms with E-state index in [1.807, 2.05) is 12.1 Å². The molecule has 1 N–H and O–H groups in total. The molecule has 1 saturated heterocycles. The number of methoxy groups -OCH3 is 2. The van der Waals surface area contributed by atoms with Crippen LogP contribution in [0, 0.1) is 7.14 Å². The van der Waals surface area contributed by atoms with Crippen LogP contribution >= 0.6 is 45.2 Å². The number of halogens is 2. The molecule has 8 nitrogen and oxygen atoms in total. The van der Waals surface area contributed by atoms with Crippen molar-refractivity contribution in [3.8, 4) is 5.75 Å². The number of rotatable bonds is 5. The van der Waals surface area contributed by atoms with Crippen molar-refractivity contribution < 1.29 is 28.3 Å². The van der Waals surface area contributed by atoms with E-state index in [-0.39, 0.29) is 18.0 Å². The molecule has 0 aliphatic carbocycles. The molecule has 0 spiro atoms. The normalized spacial score (nSPS) is 15.1. The van der Waals surface area contributed by atoms with Gasteiger partial charge in [-0.25, -0.2) is 9.59 Å². The summed E-state index contributed by atoms with van der Waals surface area (Å²) in [6.07, 6.45) is 1.60. The Balaban J connectivity index is 1.81. The summed E-state index contributed by atoms with van der Waals surface area (Å²) in [5.41, 5.74) is 0.910. The Bertz CT molecular complexity index is 975. The van der Waals surface area contributed by atoms with Crippen molar-refractivity contribution in [1.82, 2.24) is 10.2 Å². The van der Waals surface area contributed by atoms with Crippen LogP contribution in [0.4, 0.5) is 4.79 Å². The lowest BCUT2D eigenvalue weighted by Crippen LogP contribution is -2.30. The van der Waals surface area contributed by atoms with Gasteiger partial charge in [-0.05, 0) is 81.1 Å². The fourth-order valence-corrected chi connectivity index (χ4v) is 4.83. The number of carbonyl (C=O) groups is 3. The number of amides is 3. The van der Waals surface area contributed by atoms with Crippen molar-refractivity contribution in [2.24, 2.45) is 0 Å². The molecule has 3 amide bonds. The van der Waals surface area contributed by atoms with Crippen LogP contribution in [0.1, 0.15) is 21.9 Å². The number of benzene rings is 1. The van der Waals surface area contributed by atoms with Crippen molar-refractivity contribution in [2.75, 3.05) is 14.2 Å². The molecular formula is C18H14I2N2O6. The number of hydrogen-bond acceptors (Lipinski definition) is 6. The first kappa shape index (κ1) is 20.6. The molecule has 10 heteroatoms. The van der Waals surface area contributed by atoms with Gasteiger partial charge in [-0.15, -0.1) is 0 Å². The molecule has 1 aliphatic heterocycles. The molecule has 1 aromatic carbocycles. The zero-order chi connectivity index (χ0) is 20.4. The Kier molecular flexibility index (Phi) is 6.27. The second-order valence-electron chi connectivity index (χ2n) is 5.65. The van der Waals surface area contributed by atoms with E-state index in [1.54, 1.807) is 13.2 Å². The summed E-state index contributed by atoms with van der Waals surface area (Å²) in [5.74, 6) is -0.0676. The standard InChI is InChI=1S/C18H14I2N2O6/c1-26-15-11(19)5-9(6-12(15)20)7-13-16(23)22(18(25)21-13)8-10-3-4-14(28-10)17(24)27-2/h3-7H,8H2,1-2H3,(H,21,25)/b13-7-. The van der Waals surface area contributed by atoms with E-state index < -0.39 is 17.9 Å². The van der Waals surface area contributed by atoms with Gasteiger partial charge in [-0.1, -0.05) is 0 Å². The zero-order valence-corrected chi connectivity index (χ0v) is 19.1. The predicted molar refractivity (Wildman–Crippen MR) is 116 cm³/mol. The van der Waals surface area contributed by atoms with Gasteiger partial charge < -0.3 is 19.2 Å². The smallest absolute Gasteiger partial charge is 0.373 e. The quantitative estimate of drug-likeness (QED) is 0.242. The van der Waals surface area contributed by atoms with E-state index in [9.17, 15) is 14.4 Å². The summed E-state index contributed by atoms with van der Waals surface area (Å²) in [7, 11) is 2.83. The van der Waals surface area contributed by atoms with Gasteiger partial charge >= 0.3 is 12.0 Å². The van der Waals surface area contributed by atoms with Gasteiger partial charge in [0.25, 0.3) is 5.91 Å². The van der Waals surface area contributed by atoms with E-state index in [4.69, 9.17) is 9.15 Å². The summed E-state index contributed by atoms with van der Waals surface area (Å²) in [6.45, 7) is -0.101.